The fourth-order valence-corrected chi connectivity index (χ4v) is 3.62. The van der Waals surface area contributed by atoms with Crippen molar-refractivity contribution in [2.45, 2.75) is 33.6 Å². The summed E-state index contributed by atoms with van der Waals surface area (Å²) in [6.07, 6.45) is 5.78. The second kappa shape index (κ2) is 7.44. The van der Waals surface area contributed by atoms with Gasteiger partial charge in [0.1, 0.15) is 0 Å². The highest BCUT2D eigenvalue weighted by Crippen LogP contribution is 2.28. The number of benzene rings is 1. The van der Waals surface area contributed by atoms with Gasteiger partial charge in [-0.1, -0.05) is 24.6 Å². The van der Waals surface area contributed by atoms with E-state index in [2.05, 4.69) is 22.1 Å². The van der Waals surface area contributed by atoms with E-state index in [0.717, 1.165) is 35.8 Å². The molecular weight excluding hydrogens is 334 g/mol. The Labute approximate surface area is 154 Å². The average Bonchev–Trinajstić information content (AvgIpc) is 2.58. The first kappa shape index (κ1) is 17.7. The number of halogens is 1. The molecule has 1 fully saturated rings. The van der Waals surface area contributed by atoms with E-state index in [4.69, 9.17) is 11.6 Å². The number of nitrogens with one attached hydrogen (secondary N) is 1. The van der Waals surface area contributed by atoms with E-state index in [0.29, 0.717) is 16.3 Å². The lowest BCUT2D eigenvalue weighted by Crippen LogP contribution is -2.33. The highest BCUT2D eigenvalue weighted by molar-refractivity contribution is 6.34. The molecule has 25 heavy (non-hydrogen) atoms. The van der Waals surface area contributed by atoms with Crippen LogP contribution in [0, 0.1) is 19.8 Å². The lowest BCUT2D eigenvalue weighted by Gasteiger charge is -2.32. The van der Waals surface area contributed by atoms with E-state index in [-0.39, 0.29) is 5.91 Å². The van der Waals surface area contributed by atoms with Gasteiger partial charge in [-0.3, -0.25) is 9.78 Å². The second-order valence-electron chi connectivity index (χ2n) is 6.99. The Morgan fingerprint density at radius 1 is 1.20 bits per heavy atom. The fourth-order valence-electron chi connectivity index (χ4n) is 3.25. The van der Waals surface area contributed by atoms with Gasteiger partial charge < -0.3 is 10.2 Å². The number of carbonyl (C=O) groups is 1. The van der Waals surface area contributed by atoms with Gasteiger partial charge in [0.2, 0.25) is 0 Å². The quantitative estimate of drug-likeness (QED) is 0.854. The summed E-state index contributed by atoms with van der Waals surface area (Å²) in [6, 6.07) is 5.77. The standard InChI is InChI=1S/C20H24ClN3O/c1-13-4-6-24(7-5-13)17-10-16(11-22-12-17)20(25)23-19-15(3)8-14(2)9-18(19)21/h8-13H,4-7H2,1-3H3,(H,23,25). The van der Waals surface area contributed by atoms with E-state index in [1.807, 2.05) is 38.2 Å². The van der Waals surface area contributed by atoms with Crippen LogP contribution in [0.2, 0.25) is 5.02 Å². The molecule has 0 aliphatic carbocycles. The summed E-state index contributed by atoms with van der Waals surface area (Å²) in [7, 11) is 0. The molecule has 0 bridgehead atoms. The lowest BCUT2D eigenvalue weighted by molar-refractivity contribution is 0.102. The summed E-state index contributed by atoms with van der Waals surface area (Å²) in [4.78, 5) is 19.2. The first-order valence-corrected chi connectivity index (χ1v) is 9.10. The van der Waals surface area contributed by atoms with Crippen molar-refractivity contribution in [3.05, 3.63) is 52.3 Å². The molecule has 132 valence electrons. The Morgan fingerprint density at radius 2 is 1.92 bits per heavy atom. The zero-order valence-corrected chi connectivity index (χ0v) is 15.7. The predicted octanol–water partition coefficient (Wildman–Crippen LogP) is 4.84. The highest BCUT2D eigenvalue weighted by atomic mass is 35.5. The van der Waals surface area contributed by atoms with Crippen LogP contribution in [0.15, 0.2) is 30.6 Å². The van der Waals surface area contributed by atoms with Gasteiger partial charge in [0.25, 0.3) is 5.91 Å². The largest absolute Gasteiger partial charge is 0.370 e. The summed E-state index contributed by atoms with van der Waals surface area (Å²) in [6.45, 7) is 8.23. The first-order valence-electron chi connectivity index (χ1n) is 8.72. The molecule has 5 heteroatoms. The van der Waals surface area contributed by atoms with Crippen molar-refractivity contribution in [2.24, 2.45) is 5.92 Å². The van der Waals surface area contributed by atoms with E-state index in [1.54, 1.807) is 6.20 Å². The van der Waals surface area contributed by atoms with Crippen molar-refractivity contribution in [3.63, 3.8) is 0 Å². The minimum absolute atomic E-state index is 0.186. The van der Waals surface area contributed by atoms with E-state index >= 15 is 0 Å². The highest BCUT2D eigenvalue weighted by Gasteiger charge is 2.18. The van der Waals surface area contributed by atoms with Crippen molar-refractivity contribution in [3.8, 4) is 0 Å². The normalized spacial score (nSPS) is 15.3. The SMILES string of the molecule is Cc1cc(C)c(NC(=O)c2cncc(N3CCC(C)CC3)c2)c(Cl)c1. The van der Waals surface area contributed by atoms with Crippen LogP contribution in [0.4, 0.5) is 11.4 Å². The van der Waals surface area contributed by atoms with Crippen molar-refractivity contribution < 1.29 is 4.79 Å². The van der Waals surface area contributed by atoms with Gasteiger partial charge in [0.15, 0.2) is 0 Å². The number of hydrogen-bond donors (Lipinski definition) is 1. The molecule has 0 unspecified atom stereocenters. The zero-order valence-electron chi connectivity index (χ0n) is 15.0. The number of pyridine rings is 1. The first-order chi connectivity index (χ1) is 11.9. The summed E-state index contributed by atoms with van der Waals surface area (Å²) in [5.41, 5.74) is 4.24. The third-order valence-corrected chi connectivity index (χ3v) is 5.10. The molecule has 1 aromatic carbocycles. The molecule has 1 N–H and O–H groups in total. The molecule has 2 heterocycles. The molecule has 1 aliphatic rings. The van der Waals surface area contributed by atoms with Crippen molar-refractivity contribution in [1.29, 1.82) is 0 Å². The molecule has 1 aromatic heterocycles. The Hall–Kier alpha value is -2.07. The smallest absolute Gasteiger partial charge is 0.257 e. The van der Waals surface area contributed by atoms with Crippen LogP contribution in [0.3, 0.4) is 0 Å². The molecule has 1 amide bonds. The number of nitrogens with zero attached hydrogens (tertiary/aromatic N) is 2. The fraction of sp³-hybridized carbons (Fsp3) is 0.400. The summed E-state index contributed by atoms with van der Waals surface area (Å²) in [5, 5.41) is 3.49. The van der Waals surface area contributed by atoms with Gasteiger partial charge in [-0.2, -0.15) is 0 Å². The maximum atomic E-state index is 12.7. The van der Waals surface area contributed by atoms with E-state index in [1.165, 1.54) is 12.8 Å². The van der Waals surface area contributed by atoms with Crippen molar-refractivity contribution in [1.82, 2.24) is 4.98 Å². The summed E-state index contributed by atoms with van der Waals surface area (Å²) >= 11 is 6.29. The number of piperidine rings is 1. The van der Waals surface area contributed by atoms with Gasteiger partial charge in [-0.15, -0.1) is 0 Å². The Balaban J connectivity index is 1.78. The third kappa shape index (κ3) is 4.13. The Kier molecular flexibility index (Phi) is 5.28. The maximum absolute atomic E-state index is 12.7. The van der Waals surface area contributed by atoms with Gasteiger partial charge in [0.05, 0.1) is 28.2 Å². The molecule has 0 spiro atoms. The molecule has 0 atom stereocenters. The number of aryl methyl sites for hydroxylation is 2. The number of aromatic nitrogens is 1. The van der Waals surface area contributed by atoms with Gasteiger partial charge in [-0.25, -0.2) is 0 Å². The molecule has 1 saturated heterocycles. The molecule has 2 aromatic rings. The zero-order chi connectivity index (χ0) is 18.0. The van der Waals surface area contributed by atoms with Gasteiger partial charge in [0, 0.05) is 19.3 Å². The van der Waals surface area contributed by atoms with Crippen LogP contribution >= 0.6 is 11.6 Å². The van der Waals surface area contributed by atoms with E-state index < -0.39 is 0 Å². The molecule has 0 saturated carbocycles. The topological polar surface area (TPSA) is 45.2 Å². The number of anilines is 2. The molecule has 3 rings (SSSR count). The van der Waals surface area contributed by atoms with Gasteiger partial charge >= 0.3 is 0 Å². The maximum Gasteiger partial charge on any atom is 0.257 e. The van der Waals surface area contributed by atoms with Crippen molar-refractivity contribution >= 4 is 28.9 Å². The van der Waals surface area contributed by atoms with Crippen LogP contribution in [0.25, 0.3) is 0 Å². The second-order valence-corrected chi connectivity index (χ2v) is 7.40. The van der Waals surface area contributed by atoms with Crippen LogP contribution in [-0.2, 0) is 0 Å². The Bertz CT molecular complexity index is 759. The van der Waals surface area contributed by atoms with Gasteiger partial charge in [-0.05, 0) is 55.9 Å². The lowest BCUT2D eigenvalue weighted by atomic mass is 9.99. The third-order valence-electron chi connectivity index (χ3n) is 4.81. The summed E-state index contributed by atoms with van der Waals surface area (Å²) in [5.74, 6) is 0.580. The van der Waals surface area contributed by atoms with Crippen LogP contribution in [0.1, 0.15) is 41.3 Å². The Morgan fingerprint density at radius 3 is 2.60 bits per heavy atom. The summed E-state index contributed by atoms with van der Waals surface area (Å²) < 4.78 is 0. The predicted molar refractivity (Wildman–Crippen MR) is 104 cm³/mol. The minimum atomic E-state index is -0.186. The minimum Gasteiger partial charge on any atom is -0.370 e. The van der Waals surface area contributed by atoms with Crippen LogP contribution < -0.4 is 10.2 Å². The number of hydrogen-bond acceptors (Lipinski definition) is 3. The molecule has 4 nitrogen and oxygen atoms in total. The number of amides is 1. The van der Waals surface area contributed by atoms with Crippen LogP contribution in [-0.4, -0.2) is 24.0 Å². The number of rotatable bonds is 3. The molecule has 0 radical (unpaired) electrons. The molecule has 1 aliphatic heterocycles. The number of carbonyl (C=O) groups excluding carboxylic acids is 1. The monoisotopic (exact) mass is 357 g/mol. The molecular formula is C20H24ClN3O. The van der Waals surface area contributed by atoms with Crippen LogP contribution in [0.5, 0.6) is 0 Å². The van der Waals surface area contributed by atoms with E-state index in [9.17, 15) is 4.79 Å². The van der Waals surface area contributed by atoms with Crippen molar-refractivity contribution in [2.75, 3.05) is 23.3 Å². The average molecular weight is 358 g/mol.